The van der Waals surface area contributed by atoms with Gasteiger partial charge < -0.3 is 0 Å². The lowest BCUT2D eigenvalue weighted by Gasteiger charge is -1.95. The van der Waals surface area contributed by atoms with Gasteiger partial charge in [-0.1, -0.05) is 0 Å². The summed E-state index contributed by atoms with van der Waals surface area (Å²) in [6.07, 6.45) is 5.66. The number of hydrogen-bond acceptors (Lipinski definition) is 2. The van der Waals surface area contributed by atoms with E-state index in [1.165, 1.54) is 35.5 Å². The Hall–Kier alpha value is -1.68. The Morgan fingerprint density at radius 2 is 2.00 bits per heavy atom. The highest BCUT2D eigenvalue weighted by molar-refractivity contribution is 7.17. The van der Waals surface area contributed by atoms with Crippen molar-refractivity contribution in [2.75, 3.05) is 0 Å². The maximum Gasteiger partial charge on any atom is 0.194 e. The topological polar surface area (TPSA) is 17.3 Å². The number of aryl methyl sites for hydroxylation is 2. The minimum atomic E-state index is -0.208. The van der Waals surface area contributed by atoms with E-state index in [1.807, 2.05) is 0 Å². The smallest absolute Gasteiger partial charge is 0.194 e. The molecule has 0 N–H and O–H groups in total. The van der Waals surface area contributed by atoms with Crippen molar-refractivity contribution >= 4 is 16.3 Å². The molecule has 2 nitrogen and oxygen atoms in total. The van der Waals surface area contributed by atoms with Gasteiger partial charge in [0.1, 0.15) is 5.82 Å². The van der Waals surface area contributed by atoms with Crippen LogP contribution in [0.25, 0.3) is 16.2 Å². The van der Waals surface area contributed by atoms with E-state index in [1.54, 1.807) is 23.5 Å². The first-order valence-corrected chi connectivity index (χ1v) is 6.88. The zero-order valence-electron chi connectivity index (χ0n) is 9.69. The predicted molar refractivity (Wildman–Crippen MR) is 70.5 cm³/mol. The fourth-order valence-electron chi connectivity index (χ4n) is 2.56. The summed E-state index contributed by atoms with van der Waals surface area (Å²) in [6.45, 7) is 0. The van der Waals surface area contributed by atoms with Crippen molar-refractivity contribution < 1.29 is 4.39 Å². The van der Waals surface area contributed by atoms with Gasteiger partial charge in [0.05, 0.1) is 5.69 Å². The number of aromatic nitrogens is 2. The van der Waals surface area contributed by atoms with E-state index < -0.39 is 0 Å². The van der Waals surface area contributed by atoms with Crippen LogP contribution in [0.2, 0.25) is 0 Å². The molecule has 0 bridgehead atoms. The summed E-state index contributed by atoms with van der Waals surface area (Å²) >= 11 is 1.78. The van der Waals surface area contributed by atoms with Crippen molar-refractivity contribution in [1.82, 2.24) is 9.38 Å². The van der Waals surface area contributed by atoms with Crippen LogP contribution in [0.1, 0.15) is 17.0 Å². The van der Waals surface area contributed by atoms with Crippen LogP contribution in [0.15, 0.2) is 30.5 Å². The number of thiazole rings is 1. The number of hydrogen-bond donors (Lipinski definition) is 0. The van der Waals surface area contributed by atoms with Gasteiger partial charge in [-0.2, -0.15) is 0 Å². The van der Waals surface area contributed by atoms with Gasteiger partial charge in [-0.25, -0.2) is 9.37 Å². The molecule has 3 aromatic rings. The summed E-state index contributed by atoms with van der Waals surface area (Å²) in [5.74, 6) is -0.208. The summed E-state index contributed by atoms with van der Waals surface area (Å²) in [5, 5.41) is 0. The van der Waals surface area contributed by atoms with E-state index in [9.17, 15) is 4.39 Å². The molecule has 18 heavy (non-hydrogen) atoms. The molecular weight excluding hydrogens is 247 g/mol. The van der Waals surface area contributed by atoms with Gasteiger partial charge in [-0.3, -0.25) is 4.40 Å². The highest BCUT2D eigenvalue weighted by atomic mass is 32.1. The van der Waals surface area contributed by atoms with Crippen LogP contribution in [-0.2, 0) is 12.8 Å². The number of fused-ring (bicyclic) bond motifs is 3. The van der Waals surface area contributed by atoms with E-state index in [0.717, 1.165) is 22.6 Å². The minimum absolute atomic E-state index is 0.208. The molecule has 0 spiro atoms. The summed E-state index contributed by atoms with van der Waals surface area (Å²) in [6, 6.07) is 6.52. The van der Waals surface area contributed by atoms with E-state index in [2.05, 4.69) is 15.6 Å². The van der Waals surface area contributed by atoms with Crippen LogP contribution in [0.3, 0.4) is 0 Å². The highest BCUT2D eigenvalue weighted by Gasteiger charge is 2.19. The second-order valence-corrected chi connectivity index (χ2v) is 5.67. The Morgan fingerprint density at radius 3 is 2.83 bits per heavy atom. The molecule has 0 unspecified atom stereocenters. The van der Waals surface area contributed by atoms with Gasteiger partial charge in [0.15, 0.2) is 4.96 Å². The molecular formula is C14H11FN2S. The van der Waals surface area contributed by atoms with E-state index >= 15 is 0 Å². The SMILES string of the molecule is Fc1ccc(-c2cn3c4c(sc3n2)CCC4)cc1. The monoisotopic (exact) mass is 258 g/mol. The average molecular weight is 258 g/mol. The highest BCUT2D eigenvalue weighted by Crippen LogP contribution is 2.32. The maximum atomic E-state index is 12.9. The zero-order chi connectivity index (χ0) is 12.1. The lowest BCUT2D eigenvalue weighted by molar-refractivity contribution is 0.628. The Labute approximate surface area is 108 Å². The fraction of sp³-hybridized carbons (Fsp3) is 0.214. The molecule has 0 aliphatic heterocycles. The molecule has 4 rings (SSSR count). The molecule has 1 aliphatic carbocycles. The molecule has 0 radical (unpaired) electrons. The third-order valence-corrected chi connectivity index (χ3v) is 4.61. The molecule has 4 heteroatoms. The lowest BCUT2D eigenvalue weighted by Crippen LogP contribution is -1.85. The molecule has 0 atom stereocenters. The van der Waals surface area contributed by atoms with Crippen molar-refractivity contribution in [2.45, 2.75) is 19.3 Å². The molecule has 90 valence electrons. The van der Waals surface area contributed by atoms with Gasteiger partial charge >= 0.3 is 0 Å². The number of halogens is 1. The summed E-state index contributed by atoms with van der Waals surface area (Å²) in [5.41, 5.74) is 3.31. The van der Waals surface area contributed by atoms with E-state index in [4.69, 9.17) is 0 Å². The van der Waals surface area contributed by atoms with Crippen LogP contribution in [0.5, 0.6) is 0 Å². The second-order valence-electron chi connectivity index (χ2n) is 4.61. The fourth-order valence-corrected chi connectivity index (χ4v) is 3.75. The quantitative estimate of drug-likeness (QED) is 0.650. The lowest BCUT2D eigenvalue weighted by atomic mass is 10.2. The van der Waals surface area contributed by atoms with Gasteiger partial charge in [-0.15, -0.1) is 11.3 Å². The van der Waals surface area contributed by atoms with E-state index in [0.29, 0.717) is 0 Å². The van der Waals surface area contributed by atoms with Crippen LogP contribution >= 0.6 is 11.3 Å². The Balaban J connectivity index is 1.86. The van der Waals surface area contributed by atoms with Gasteiger partial charge in [0.25, 0.3) is 0 Å². The van der Waals surface area contributed by atoms with Crippen molar-refractivity contribution in [3.05, 3.63) is 46.9 Å². The molecule has 0 saturated carbocycles. The number of imidazole rings is 1. The molecule has 2 heterocycles. The number of nitrogens with zero attached hydrogens (tertiary/aromatic N) is 2. The van der Waals surface area contributed by atoms with Crippen molar-refractivity contribution in [1.29, 1.82) is 0 Å². The summed E-state index contributed by atoms with van der Waals surface area (Å²) in [4.78, 5) is 7.16. The molecule has 1 aromatic carbocycles. The van der Waals surface area contributed by atoms with Gasteiger partial charge in [0, 0.05) is 22.3 Å². The first-order valence-electron chi connectivity index (χ1n) is 6.07. The minimum Gasteiger partial charge on any atom is -0.294 e. The van der Waals surface area contributed by atoms with Crippen molar-refractivity contribution in [3.8, 4) is 11.3 Å². The first kappa shape index (κ1) is 10.3. The summed E-state index contributed by atoms with van der Waals surface area (Å²) < 4.78 is 15.1. The number of benzene rings is 1. The van der Waals surface area contributed by atoms with Gasteiger partial charge in [-0.05, 0) is 43.5 Å². The maximum absolute atomic E-state index is 12.9. The Bertz CT molecular complexity index is 724. The Morgan fingerprint density at radius 1 is 1.17 bits per heavy atom. The largest absolute Gasteiger partial charge is 0.294 e. The summed E-state index contributed by atoms with van der Waals surface area (Å²) in [7, 11) is 0. The molecule has 2 aromatic heterocycles. The third kappa shape index (κ3) is 1.42. The van der Waals surface area contributed by atoms with Crippen LogP contribution in [-0.4, -0.2) is 9.38 Å². The molecule has 1 aliphatic rings. The normalized spacial score (nSPS) is 14.3. The van der Waals surface area contributed by atoms with Crippen molar-refractivity contribution in [2.24, 2.45) is 0 Å². The van der Waals surface area contributed by atoms with Gasteiger partial charge in [0.2, 0.25) is 0 Å². The molecule has 0 amide bonds. The standard InChI is InChI=1S/C14H11FN2S/c15-10-6-4-9(5-7-10)11-8-17-12-2-1-3-13(12)18-14(17)16-11/h4-8H,1-3H2. The van der Waals surface area contributed by atoms with Crippen LogP contribution in [0.4, 0.5) is 4.39 Å². The zero-order valence-corrected chi connectivity index (χ0v) is 10.5. The predicted octanol–water partition coefficient (Wildman–Crippen LogP) is 3.69. The number of rotatable bonds is 1. The third-order valence-electron chi connectivity index (χ3n) is 3.46. The molecule has 0 saturated heterocycles. The first-order chi connectivity index (χ1) is 8.81. The molecule has 0 fully saturated rings. The van der Waals surface area contributed by atoms with Crippen LogP contribution in [0, 0.1) is 5.82 Å². The Kier molecular flexibility index (Phi) is 2.08. The van der Waals surface area contributed by atoms with E-state index in [-0.39, 0.29) is 5.82 Å². The second kappa shape index (κ2) is 3.65. The average Bonchev–Trinajstić information content (AvgIpc) is 3.00. The van der Waals surface area contributed by atoms with Crippen molar-refractivity contribution in [3.63, 3.8) is 0 Å². The van der Waals surface area contributed by atoms with Crippen LogP contribution < -0.4 is 0 Å².